The zero-order chi connectivity index (χ0) is 23.4. The van der Waals surface area contributed by atoms with Crippen molar-refractivity contribution < 1.29 is 17.5 Å². The molecule has 4 aromatic rings. The smallest absolute Gasteiger partial charge is 0.230 e. The predicted octanol–water partition coefficient (Wildman–Crippen LogP) is 3.58. The van der Waals surface area contributed by atoms with Crippen LogP contribution in [0.3, 0.4) is 0 Å². The van der Waals surface area contributed by atoms with E-state index >= 15 is 0 Å². The Labute approximate surface area is 191 Å². The summed E-state index contributed by atoms with van der Waals surface area (Å²) in [6.07, 6.45) is 7.29. The Hall–Kier alpha value is -3.85. The molecule has 0 fully saturated rings. The zero-order valence-electron chi connectivity index (χ0n) is 17.7. The van der Waals surface area contributed by atoms with Gasteiger partial charge in [0.15, 0.2) is 12.4 Å². The van der Waals surface area contributed by atoms with Crippen LogP contribution < -0.4 is 9.45 Å². The van der Waals surface area contributed by atoms with E-state index in [4.69, 9.17) is 0 Å². The number of rotatable bonds is 7. The number of halogens is 1. The minimum absolute atomic E-state index is 0.166. The van der Waals surface area contributed by atoms with Crippen LogP contribution in [-0.4, -0.2) is 24.6 Å². The quantitative estimate of drug-likeness (QED) is 0.333. The molecule has 7 nitrogen and oxygen atoms in total. The molecule has 0 saturated heterocycles. The lowest BCUT2D eigenvalue weighted by Crippen LogP contribution is -2.27. The molecule has 9 heteroatoms. The van der Waals surface area contributed by atoms with Crippen molar-refractivity contribution in [3.8, 4) is 0 Å². The number of aromatic nitrogens is 3. The Bertz CT molecular complexity index is 1350. The van der Waals surface area contributed by atoms with Crippen molar-refractivity contribution in [1.29, 1.82) is 0 Å². The molecule has 0 radical (unpaired) electrons. The fraction of sp³-hybridized carbons (Fsp3) is 0.125. The average Bonchev–Trinajstić information content (AvgIpc) is 2.78. The number of anilines is 1. The molecule has 0 aliphatic heterocycles. The van der Waals surface area contributed by atoms with E-state index in [-0.39, 0.29) is 11.6 Å². The van der Waals surface area contributed by atoms with Gasteiger partial charge in [-0.15, -0.1) is 0 Å². The maximum Gasteiger partial charge on any atom is 0.230 e. The lowest BCUT2D eigenvalue weighted by molar-refractivity contribution is -0.605. The Morgan fingerprint density at radius 1 is 0.939 bits per heavy atom. The summed E-state index contributed by atoms with van der Waals surface area (Å²) in [4.78, 5) is 8.81. The van der Waals surface area contributed by atoms with E-state index in [1.165, 1.54) is 24.5 Å². The van der Waals surface area contributed by atoms with Gasteiger partial charge in [0.1, 0.15) is 11.6 Å². The van der Waals surface area contributed by atoms with Gasteiger partial charge in [-0.05, 0) is 47.5 Å². The van der Waals surface area contributed by atoms with Crippen molar-refractivity contribution >= 4 is 15.8 Å². The number of nitrogens with one attached hydrogen (secondary N) is 1. The highest BCUT2D eigenvalue weighted by Gasteiger charge is 2.31. The monoisotopic (exact) mass is 464 g/mol. The van der Waals surface area contributed by atoms with Crippen LogP contribution in [0.5, 0.6) is 0 Å². The first-order valence-electron chi connectivity index (χ1n) is 10.1. The maximum absolute atomic E-state index is 13.8. The molecule has 2 unspecified atom stereocenters. The van der Waals surface area contributed by atoms with Gasteiger partial charge in [-0.2, -0.15) is 4.73 Å². The van der Waals surface area contributed by atoms with Gasteiger partial charge in [-0.3, -0.25) is 9.71 Å². The molecule has 1 N–H and O–H groups in total. The largest absolute Gasteiger partial charge is 0.619 e. The summed E-state index contributed by atoms with van der Waals surface area (Å²) in [6.45, 7) is 0. The molecule has 0 spiro atoms. The van der Waals surface area contributed by atoms with Crippen molar-refractivity contribution in [1.82, 2.24) is 9.97 Å². The minimum Gasteiger partial charge on any atom is -0.619 e. The van der Waals surface area contributed by atoms with Gasteiger partial charge in [0.2, 0.25) is 10.0 Å². The Kier molecular flexibility index (Phi) is 6.32. The number of pyridine rings is 3. The van der Waals surface area contributed by atoms with Crippen molar-refractivity contribution in [2.75, 3.05) is 11.0 Å². The maximum atomic E-state index is 13.8. The lowest BCUT2D eigenvalue weighted by atomic mass is 9.76. The topological polar surface area (TPSA) is 98.9 Å². The second kappa shape index (κ2) is 9.33. The van der Waals surface area contributed by atoms with E-state index < -0.39 is 21.9 Å². The van der Waals surface area contributed by atoms with E-state index in [9.17, 15) is 18.0 Å². The predicted molar refractivity (Wildman–Crippen MR) is 122 cm³/mol. The summed E-state index contributed by atoms with van der Waals surface area (Å²) < 4.78 is 40.4. The van der Waals surface area contributed by atoms with Crippen LogP contribution >= 0.6 is 0 Å². The van der Waals surface area contributed by atoms with E-state index in [1.807, 2.05) is 12.1 Å². The molecule has 33 heavy (non-hydrogen) atoms. The van der Waals surface area contributed by atoms with E-state index in [2.05, 4.69) is 14.7 Å². The Morgan fingerprint density at radius 2 is 1.70 bits per heavy atom. The highest BCUT2D eigenvalue weighted by atomic mass is 32.2. The van der Waals surface area contributed by atoms with Crippen LogP contribution in [0.25, 0.3) is 0 Å². The molecule has 0 aliphatic carbocycles. The summed E-state index contributed by atoms with van der Waals surface area (Å²) in [7, 11) is -3.54. The van der Waals surface area contributed by atoms with Crippen LogP contribution in [0.2, 0.25) is 0 Å². The van der Waals surface area contributed by atoms with Crippen LogP contribution in [0.4, 0.5) is 10.2 Å². The second-order valence-electron chi connectivity index (χ2n) is 7.61. The van der Waals surface area contributed by atoms with Gasteiger partial charge in [-0.25, -0.2) is 17.8 Å². The Morgan fingerprint density at radius 3 is 2.36 bits per heavy atom. The molecule has 0 amide bonds. The van der Waals surface area contributed by atoms with Gasteiger partial charge >= 0.3 is 0 Å². The second-order valence-corrected chi connectivity index (χ2v) is 9.36. The average molecular weight is 465 g/mol. The summed E-state index contributed by atoms with van der Waals surface area (Å²) in [5.74, 6) is -1.10. The molecule has 2 atom stereocenters. The number of hydrogen-bond donors (Lipinski definition) is 1. The summed E-state index contributed by atoms with van der Waals surface area (Å²) >= 11 is 0. The van der Waals surface area contributed by atoms with Crippen LogP contribution in [0.1, 0.15) is 34.2 Å². The number of hydrogen-bond acceptors (Lipinski definition) is 5. The number of benzene rings is 1. The van der Waals surface area contributed by atoms with Gasteiger partial charge in [0, 0.05) is 35.9 Å². The molecule has 0 bridgehead atoms. The van der Waals surface area contributed by atoms with E-state index in [1.54, 1.807) is 54.9 Å². The molecule has 3 aromatic heterocycles. The van der Waals surface area contributed by atoms with Crippen LogP contribution in [-0.2, 0) is 10.0 Å². The first-order chi connectivity index (χ1) is 15.8. The molecule has 3 heterocycles. The third-order valence-electron chi connectivity index (χ3n) is 5.14. The molecular weight excluding hydrogens is 443 g/mol. The Balaban J connectivity index is 1.94. The normalized spacial score (nSPS) is 13.3. The highest BCUT2D eigenvalue weighted by molar-refractivity contribution is 7.92. The standard InChI is InChI=1S/C24H21FN4O3S/c1-33(31,32)28-22-8-2-7-21(27-22)24(17-9-11-20(25)12-10-17)23(18-5-3-13-26-15-18)19-6-4-14-29(30)16-19/h2-16,23-24H,1H3,(H,27,28). The molecule has 0 saturated carbocycles. The molecule has 0 aliphatic rings. The highest BCUT2D eigenvalue weighted by Crippen LogP contribution is 2.42. The summed E-state index contributed by atoms with van der Waals surface area (Å²) in [5.41, 5.74) is 2.82. The third-order valence-corrected chi connectivity index (χ3v) is 5.72. The van der Waals surface area contributed by atoms with E-state index in [0.717, 1.165) is 22.1 Å². The zero-order valence-corrected chi connectivity index (χ0v) is 18.5. The minimum atomic E-state index is -3.54. The number of sulfonamides is 1. The molecule has 1 aromatic carbocycles. The SMILES string of the molecule is CS(=O)(=O)Nc1cccc(C(c2ccc(F)cc2)C(c2cccnc2)c2ccc[n+]([O-])c2)n1. The number of nitrogens with zero attached hydrogens (tertiary/aromatic N) is 3. The first kappa shape index (κ1) is 22.3. The summed E-state index contributed by atoms with van der Waals surface area (Å²) in [6, 6.07) is 18.3. The van der Waals surface area contributed by atoms with Gasteiger partial charge in [-0.1, -0.05) is 24.3 Å². The fourth-order valence-corrected chi connectivity index (χ4v) is 4.36. The van der Waals surface area contributed by atoms with Crippen molar-refractivity contribution in [3.05, 3.63) is 125 Å². The molecule has 4 rings (SSSR count). The van der Waals surface area contributed by atoms with Gasteiger partial charge in [0.05, 0.1) is 11.9 Å². The summed E-state index contributed by atoms with van der Waals surface area (Å²) in [5, 5.41) is 12.1. The molecular formula is C24H21FN4O3S. The molecule has 168 valence electrons. The first-order valence-corrected chi connectivity index (χ1v) is 12.0. The third kappa shape index (κ3) is 5.50. The fourth-order valence-electron chi connectivity index (χ4n) is 3.87. The van der Waals surface area contributed by atoms with Crippen LogP contribution in [0, 0.1) is 11.0 Å². The van der Waals surface area contributed by atoms with Gasteiger partial charge in [0.25, 0.3) is 0 Å². The van der Waals surface area contributed by atoms with Gasteiger partial charge < -0.3 is 5.21 Å². The van der Waals surface area contributed by atoms with Crippen molar-refractivity contribution in [2.45, 2.75) is 11.8 Å². The lowest BCUT2D eigenvalue weighted by Gasteiger charge is -2.28. The van der Waals surface area contributed by atoms with E-state index in [0.29, 0.717) is 11.3 Å². The van der Waals surface area contributed by atoms with Crippen LogP contribution in [0.15, 0.2) is 91.5 Å². The van der Waals surface area contributed by atoms with Crippen molar-refractivity contribution in [2.24, 2.45) is 0 Å². The van der Waals surface area contributed by atoms with Crippen molar-refractivity contribution in [3.63, 3.8) is 0 Å².